The maximum atomic E-state index is 9.68. The molecule has 0 amide bonds. The summed E-state index contributed by atoms with van der Waals surface area (Å²) >= 11 is 0. The third-order valence-corrected chi connectivity index (χ3v) is 3.56. The van der Waals surface area contributed by atoms with Gasteiger partial charge in [-0.25, -0.2) is 0 Å². The highest BCUT2D eigenvalue weighted by Crippen LogP contribution is 2.26. The number of phenolic OH excluding ortho intramolecular Hbond substituents is 1. The first-order valence-corrected chi connectivity index (χ1v) is 6.82. The van der Waals surface area contributed by atoms with Gasteiger partial charge in [0.15, 0.2) is 0 Å². The SMILES string of the molecule is NCCc1cn(Cc2ccccc2)c2ccc(O)cc12. The summed E-state index contributed by atoms with van der Waals surface area (Å²) in [6, 6.07) is 15.9. The lowest BCUT2D eigenvalue weighted by atomic mass is 10.1. The van der Waals surface area contributed by atoms with Gasteiger partial charge in [0.25, 0.3) is 0 Å². The maximum Gasteiger partial charge on any atom is 0.116 e. The Balaban J connectivity index is 2.06. The van der Waals surface area contributed by atoms with Crippen LogP contribution in [0.3, 0.4) is 0 Å². The molecule has 3 rings (SSSR count). The molecule has 0 saturated carbocycles. The van der Waals surface area contributed by atoms with E-state index >= 15 is 0 Å². The second-order valence-electron chi connectivity index (χ2n) is 5.01. The van der Waals surface area contributed by atoms with Gasteiger partial charge in [-0.15, -0.1) is 0 Å². The van der Waals surface area contributed by atoms with E-state index in [1.807, 2.05) is 30.3 Å². The monoisotopic (exact) mass is 266 g/mol. The van der Waals surface area contributed by atoms with Crippen LogP contribution in [0, 0.1) is 0 Å². The topological polar surface area (TPSA) is 51.2 Å². The fraction of sp³-hybridized carbons (Fsp3) is 0.176. The normalized spacial score (nSPS) is 11.1. The molecule has 3 N–H and O–H groups in total. The van der Waals surface area contributed by atoms with Gasteiger partial charge in [0, 0.05) is 23.6 Å². The minimum absolute atomic E-state index is 0.299. The molecule has 1 heterocycles. The molecule has 3 nitrogen and oxygen atoms in total. The van der Waals surface area contributed by atoms with Gasteiger partial charge >= 0.3 is 0 Å². The summed E-state index contributed by atoms with van der Waals surface area (Å²) < 4.78 is 2.22. The first-order valence-electron chi connectivity index (χ1n) is 6.82. The molecule has 0 radical (unpaired) electrons. The number of nitrogens with zero attached hydrogens (tertiary/aromatic N) is 1. The fourth-order valence-electron chi connectivity index (χ4n) is 2.62. The third kappa shape index (κ3) is 2.40. The van der Waals surface area contributed by atoms with E-state index < -0.39 is 0 Å². The number of hydrogen-bond acceptors (Lipinski definition) is 2. The van der Waals surface area contributed by atoms with Gasteiger partial charge in [-0.2, -0.15) is 0 Å². The molecule has 0 spiro atoms. The second-order valence-corrected chi connectivity index (χ2v) is 5.01. The number of aromatic nitrogens is 1. The Morgan fingerprint density at radius 1 is 1.05 bits per heavy atom. The predicted molar refractivity (Wildman–Crippen MR) is 81.9 cm³/mol. The lowest BCUT2D eigenvalue weighted by molar-refractivity contribution is 0.476. The van der Waals surface area contributed by atoms with Crippen LogP contribution < -0.4 is 5.73 Å². The van der Waals surface area contributed by atoms with Gasteiger partial charge in [-0.3, -0.25) is 0 Å². The van der Waals surface area contributed by atoms with Crippen molar-refractivity contribution in [2.24, 2.45) is 5.73 Å². The molecular weight excluding hydrogens is 248 g/mol. The molecule has 0 aliphatic rings. The van der Waals surface area contributed by atoms with E-state index in [0.29, 0.717) is 12.3 Å². The van der Waals surface area contributed by atoms with Crippen LogP contribution in [-0.2, 0) is 13.0 Å². The zero-order chi connectivity index (χ0) is 13.9. The lowest BCUT2D eigenvalue weighted by Crippen LogP contribution is -2.02. The number of fused-ring (bicyclic) bond motifs is 1. The molecule has 0 fully saturated rings. The lowest BCUT2D eigenvalue weighted by Gasteiger charge is -2.05. The van der Waals surface area contributed by atoms with Crippen LogP contribution in [0.25, 0.3) is 10.9 Å². The van der Waals surface area contributed by atoms with E-state index in [2.05, 4.69) is 22.9 Å². The van der Waals surface area contributed by atoms with E-state index in [-0.39, 0.29) is 0 Å². The van der Waals surface area contributed by atoms with E-state index in [1.165, 1.54) is 11.1 Å². The van der Waals surface area contributed by atoms with E-state index in [0.717, 1.165) is 23.9 Å². The number of rotatable bonds is 4. The molecule has 3 aromatic rings. The van der Waals surface area contributed by atoms with Gasteiger partial charge in [-0.1, -0.05) is 30.3 Å². The van der Waals surface area contributed by atoms with Gasteiger partial charge < -0.3 is 15.4 Å². The first kappa shape index (κ1) is 12.8. The summed E-state index contributed by atoms with van der Waals surface area (Å²) in [7, 11) is 0. The number of phenols is 1. The summed E-state index contributed by atoms with van der Waals surface area (Å²) in [5.74, 6) is 0.299. The third-order valence-electron chi connectivity index (χ3n) is 3.56. The van der Waals surface area contributed by atoms with Crippen molar-refractivity contribution in [3.63, 3.8) is 0 Å². The van der Waals surface area contributed by atoms with Crippen LogP contribution in [0.1, 0.15) is 11.1 Å². The standard InChI is InChI=1S/C17H18N2O/c18-9-8-14-12-19(11-13-4-2-1-3-5-13)17-7-6-15(20)10-16(14)17/h1-7,10,12,20H,8-9,11,18H2. The Hall–Kier alpha value is -2.26. The van der Waals surface area contributed by atoms with Crippen LogP contribution in [0.15, 0.2) is 54.7 Å². The van der Waals surface area contributed by atoms with Crippen molar-refractivity contribution in [3.8, 4) is 5.75 Å². The highest BCUT2D eigenvalue weighted by atomic mass is 16.3. The first-order chi connectivity index (χ1) is 9.78. The van der Waals surface area contributed by atoms with Crippen molar-refractivity contribution >= 4 is 10.9 Å². The van der Waals surface area contributed by atoms with Crippen molar-refractivity contribution < 1.29 is 5.11 Å². The maximum absolute atomic E-state index is 9.68. The Kier molecular flexibility index (Phi) is 3.44. The van der Waals surface area contributed by atoms with Gasteiger partial charge in [0.1, 0.15) is 5.75 Å². The summed E-state index contributed by atoms with van der Waals surface area (Å²) in [6.45, 7) is 1.44. The number of nitrogens with two attached hydrogens (primary N) is 1. The Labute approximate surface area is 118 Å². The molecule has 2 aromatic carbocycles. The largest absolute Gasteiger partial charge is 0.508 e. The quantitative estimate of drug-likeness (QED) is 0.763. The molecule has 0 unspecified atom stereocenters. The molecule has 0 aliphatic carbocycles. The van der Waals surface area contributed by atoms with Crippen LogP contribution in [0.5, 0.6) is 5.75 Å². The summed E-state index contributed by atoms with van der Waals surface area (Å²) in [4.78, 5) is 0. The molecule has 20 heavy (non-hydrogen) atoms. The second kappa shape index (κ2) is 5.39. The number of benzene rings is 2. The smallest absolute Gasteiger partial charge is 0.116 e. The van der Waals surface area contributed by atoms with Crippen LogP contribution in [0.2, 0.25) is 0 Å². The predicted octanol–water partition coefficient (Wildman–Crippen LogP) is 2.90. The number of hydrogen-bond donors (Lipinski definition) is 2. The minimum atomic E-state index is 0.299. The van der Waals surface area contributed by atoms with Crippen molar-refractivity contribution in [2.45, 2.75) is 13.0 Å². The number of aromatic hydroxyl groups is 1. The van der Waals surface area contributed by atoms with Crippen LogP contribution in [-0.4, -0.2) is 16.2 Å². The highest BCUT2D eigenvalue weighted by molar-refractivity contribution is 5.85. The van der Waals surface area contributed by atoms with Crippen molar-refractivity contribution in [1.29, 1.82) is 0 Å². The molecule has 1 aromatic heterocycles. The molecule has 102 valence electrons. The average molecular weight is 266 g/mol. The zero-order valence-electron chi connectivity index (χ0n) is 11.3. The highest BCUT2D eigenvalue weighted by Gasteiger charge is 2.09. The molecule has 0 atom stereocenters. The Bertz CT molecular complexity index is 716. The molecule has 0 saturated heterocycles. The van der Waals surface area contributed by atoms with Crippen molar-refractivity contribution in [1.82, 2.24) is 4.57 Å². The molecule has 0 bridgehead atoms. The van der Waals surface area contributed by atoms with E-state index in [4.69, 9.17) is 5.73 Å². The fourth-order valence-corrected chi connectivity index (χ4v) is 2.62. The summed E-state index contributed by atoms with van der Waals surface area (Å²) in [5.41, 5.74) is 9.26. The minimum Gasteiger partial charge on any atom is -0.508 e. The average Bonchev–Trinajstić information content (AvgIpc) is 2.78. The molecule has 3 heteroatoms. The van der Waals surface area contributed by atoms with Crippen molar-refractivity contribution in [3.05, 3.63) is 65.9 Å². The van der Waals surface area contributed by atoms with E-state index in [9.17, 15) is 5.11 Å². The Morgan fingerprint density at radius 3 is 2.60 bits per heavy atom. The zero-order valence-corrected chi connectivity index (χ0v) is 11.3. The molecular formula is C17H18N2O. The summed E-state index contributed by atoms with van der Waals surface area (Å²) in [5, 5.41) is 10.8. The Morgan fingerprint density at radius 2 is 1.85 bits per heavy atom. The summed E-state index contributed by atoms with van der Waals surface area (Å²) in [6.07, 6.45) is 2.96. The van der Waals surface area contributed by atoms with Crippen LogP contribution >= 0.6 is 0 Å². The molecule has 0 aliphatic heterocycles. The van der Waals surface area contributed by atoms with Crippen LogP contribution in [0.4, 0.5) is 0 Å². The van der Waals surface area contributed by atoms with Gasteiger partial charge in [-0.05, 0) is 42.3 Å². The van der Waals surface area contributed by atoms with Gasteiger partial charge in [0.2, 0.25) is 0 Å². The van der Waals surface area contributed by atoms with E-state index in [1.54, 1.807) is 6.07 Å². The van der Waals surface area contributed by atoms with Crippen molar-refractivity contribution in [2.75, 3.05) is 6.54 Å². The van der Waals surface area contributed by atoms with Gasteiger partial charge in [0.05, 0.1) is 0 Å².